The molecule has 0 aromatic heterocycles. The lowest BCUT2D eigenvalue weighted by Crippen LogP contribution is -2.52. The molecule has 0 radical (unpaired) electrons. The van der Waals surface area contributed by atoms with E-state index in [1.54, 1.807) is 0 Å². The maximum atomic E-state index is 5.99. The molecule has 1 saturated heterocycles. The van der Waals surface area contributed by atoms with Gasteiger partial charge in [0.15, 0.2) is 0 Å². The molecule has 0 saturated carbocycles. The van der Waals surface area contributed by atoms with E-state index in [9.17, 15) is 0 Å². The van der Waals surface area contributed by atoms with Crippen molar-refractivity contribution in [1.29, 1.82) is 0 Å². The Kier molecular flexibility index (Phi) is 5.47. The summed E-state index contributed by atoms with van der Waals surface area (Å²) >= 11 is 3.60. The normalized spacial score (nSPS) is 22.1. The Morgan fingerprint density at radius 1 is 1.40 bits per heavy atom. The van der Waals surface area contributed by atoms with E-state index in [1.165, 1.54) is 11.3 Å². The minimum absolute atomic E-state index is 0.198. The van der Waals surface area contributed by atoms with Gasteiger partial charge in [-0.1, -0.05) is 28.9 Å². The summed E-state index contributed by atoms with van der Waals surface area (Å²) in [5.74, 6) is 0. The summed E-state index contributed by atoms with van der Waals surface area (Å²) in [5, 5.41) is 0. The first-order valence-corrected chi connectivity index (χ1v) is 8.33. The molecule has 1 aromatic rings. The predicted octanol–water partition coefficient (Wildman–Crippen LogP) is 2.87. The van der Waals surface area contributed by atoms with Crippen LogP contribution in [0.5, 0.6) is 0 Å². The summed E-state index contributed by atoms with van der Waals surface area (Å²) < 4.78 is 1.14. The van der Waals surface area contributed by atoms with Gasteiger partial charge in [-0.15, -0.1) is 0 Å². The van der Waals surface area contributed by atoms with Crippen molar-refractivity contribution in [2.75, 3.05) is 31.1 Å². The van der Waals surface area contributed by atoms with Crippen LogP contribution in [0, 0.1) is 0 Å². The largest absolute Gasteiger partial charge is 0.368 e. The Hall–Kier alpha value is -0.580. The monoisotopic (exact) mass is 339 g/mol. The number of anilines is 1. The molecule has 1 aliphatic rings. The standard InChI is InChI=1S/C16H26BrN3/c1-4-19-7-8-20(11-13(19)3)16-10-15(17)6-5-14(16)9-12(2)18/h5-6,10,12-13H,4,7-9,11,18H2,1-3H3. The molecule has 2 rings (SSSR count). The van der Waals surface area contributed by atoms with Gasteiger partial charge in [-0.3, -0.25) is 4.90 Å². The number of hydrogen-bond donors (Lipinski definition) is 1. The first-order valence-electron chi connectivity index (χ1n) is 7.54. The van der Waals surface area contributed by atoms with Gasteiger partial charge in [-0.05, 0) is 44.5 Å². The fourth-order valence-electron chi connectivity index (χ4n) is 3.03. The first kappa shape index (κ1) is 15.8. The number of benzene rings is 1. The van der Waals surface area contributed by atoms with Crippen LogP contribution in [-0.2, 0) is 6.42 Å². The van der Waals surface area contributed by atoms with Crippen molar-refractivity contribution in [3.8, 4) is 0 Å². The zero-order valence-corrected chi connectivity index (χ0v) is 14.4. The minimum atomic E-state index is 0.198. The van der Waals surface area contributed by atoms with Gasteiger partial charge in [-0.2, -0.15) is 0 Å². The van der Waals surface area contributed by atoms with Gasteiger partial charge in [0.2, 0.25) is 0 Å². The van der Waals surface area contributed by atoms with Gasteiger partial charge in [0.05, 0.1) is 0 Å². The Bertz CT molecular complexity index is 447. The third-order valence-corrected chi connectivity index (χ3v) is 4.59. The lowest BCUT2D eigenvalue weighted by Gasteiger charge is -2.41. The van der Waals surface area contributed by atoms with Crippen molar-refractivity contribution < 1.29 is 0 Å². The van der Waals surface area contributed by atoms with E-state index < -0.39 is 0 Å². The fraction of sp³-hybridized carbons (Fsp3) is 0.625. The number of hydrogen-bond acceptors (Lipinski definition) is 3. The summed E-state index contributed by atoms with van der Waals surface area (Å²) in [6.45, 7) is 11.1. The van der Waals surface area contributed by atoms with E-state index in [4.69, 9.17) is 5.73 Å². The quantitative estimate of drug-likeness (QED) is 0.915. The maximum Gasteiger partial charge on any atom is 0.0411 e. The average molecular weight is 340 g/mol. The van der Waals surface area contributed by atoms with Crippen LogP contribution in [0.2, 0.25) is 0 Å². The molecule has 2 atom stereocenters. The predicted molar refractivity (Wildman–Crippen MR) is 90.4 cm³/mol. The number of halogens is 1. The summed E-state index contributed by atoms with van der Waals surface area (Å²) in [5.41, 5.74) is 8.70. The van der Waals surface area contributed by atoms with Gasteiger partial charge >= 0.3 is 0 Å². The van der Waals surface area contributed by atoms with E-state index in [0.717, 1.165) is 37.1 Å². The molecule has 2 N–H and O–H groups in total. The molecule has 1 fully saturated rings. The van der Waals surface area contributed by atoms with Gasteiger partial charge in [0.1, 0.15) is 0 Å². The van der Waals surface area contributed by atoms with E-state index in [-0.39, 0.29) is 6.04 Å². The molecule has 0 bridgehead atoms. The molecule has 20 heavy (non-hydrogen) atoms. The van der Waals surface area contributed by atoms with Crippen LogP contribution in [0.4, 0.5) is 5.69 Å². The summed E-state index contributed by atoms with van der Waals surface area (Å²) in [6, 6.07) is 7.37. The lowest BCUT2D eigenvalue weighted by atomic mass is 10.0. The second-order valence-electron chi connectivity index (χ2n) is 5.88. The summed E-state index contributed by atoms with van der Waals surface area (Å²) in [4.78, 5) is 5.05. The highest BCUT2D eigenvalue weighted by molar-refractivity contribution is 9.10. The highest BCUT2D eigenvalue weighted by Gasteiger charge is 2.24. The molecule has 1 aliphatic heterocycles. The first-order chi connectivity index (χ1) is 9.51. The van der Waals surface area contributed by atoms with Gasteiger partial charge in [-0.25, -0.2) is 0 Å². The minimum Gasteiger partial charge on any atom is -0.368 e. The van der Waals surface area contributed by atoms with Crippen LogP contribution >= 0.6 is 15.9 Å². The lowest BCUT2D eigenvalue weighted by molar-refractivity contribution is 0.199. The number of nitrogens with zero attached hydrogens (tertiary/aromatic N) is 2. The summed E-state index contributed by atoms with van der Waals surface area (Å²) in [7, 11) is 0. The molecule has 4 heteroatoms. The molecular formula is C16H26BrN3. The van der Waals surface area contributed by atoms with Crippen LogP contribution in [0.1, 0.15) is 26.3 Å². The second kappa shape index (κ2) is 6.92. The van der Waals surface area contributed by atoms with E-state index in [0.29, 0.717) is 6.04 Å². The van der Waals surface area contributed by atoms with Gasteiger partial charge in [0, 0.05) is 41.9 Å². The van der Waals surface area contributed by atoms with Crippen LogP contribution < -0.4 is 10.6 Å². The molecule has 1 aromatic carbocycles. The smallest absolute Gasteiger partial charge is 0.0411 e. The van der Waals surface area contributed by atoms with Crippen LogP contribution in [0.3, 0.4) is 0 Å². The Labute approximate surface area is 131 Å². The SMILES string of the molecule is CCN1CCN(c2cc(Br)ccc2CC(C)N)CC1C. The van der Waals surface area contributed by atoms with Crippen molar-refractivity contribution in [1.82, 2.24) is 4.90 Å². The van der Waals surface area contributed by atoms with Crippen molar-refractivity contribution in [3.63, 3.8) is 0 Å². The van der Waals surface area contributed by atoms with Crippen LogP contribution in [0.25, 0.3) is 0 Å². The van der Waals surface area contributed by atoms with Gasteiger partial charge < -0.3 is 10.6 Å². The maximum absolute atomic E-state index is 5.99. The number of nitrogens with two attached hydrogens (primary N) is 1. The molecule has 2 unspecified atom stereocenters. The number of likely N-dealkylation sites (N-methyl/N-ethyl adjacent to an activating group) is 1. The van der Waals surface area contributed by atoms with Crippen molar-refractivity contribution in [2.24, 2.45) is 5.73 Å². The van der Waals surface area contributed by atoms with E-state index in [2.05, 4.69) is 64.7 Å². The molecule has 0 spiro atoms. The molecular weight excluding hydrogens is 314 g/mol. The Balaban J connectivity index is 2.21. The van der Waals surface area contributed by atoms with Gasteiger partial charge in [0.25, 0.3) is 0 Å². The molecule has 0 aliphatic carbocycles. The molecule has 0 amide bonds. The zero-order valence-electron chi connectivity index (χ0n) is 12.8. The third kappa shape index (κ3) is 3.74. The molecule has 3 nitrogen and oxygen atoms in total. The topological polar surface area (TPSA) is 32.5 Å². The van der Waals surface area contributed by atoms with Crippen LogP contribution in [0.15, 0.2) is 22.7 Å². The second-order valence-corrected chi connectivity index (χ2v) is 6.79. The van der Waals surface area contributed by atoms with E-state index in [1.807, 2.05) is 0 Å². The number of rotatable bonds is 4. The highest BCUT2D eigenvalue weighted by Crippen LogP contribution is 2.28. The fourth-order valence-corrected chi connectivity index (χ4v) is 3.38. The Morgan fingerprint density at radius 2 is 2.15 bits per heavy atom. The third-order valence-electron chi connectivity index (χ3n) is 4.10. The summed E-state index contributed by atoms with van der Waals surface area (Å²) in [6.07, 6.45) is 0.936. The zero-order chi connectivity index (χ0) is 14.7. The van der Waals surface area contributed by atoms with Crippen molar-refractivity contribution >= 4 is 21.6 Å². The molecule has 112 valence electrons. The average Bonchev–Trinajstić information content (AvgIpc) is 2.40. The van der Waals surface area contributed by atoms with E-state index >= 15 is 0 Å². The van der Waals surface area contributed by atoms with Crippen LogP contribution in [-0.4, -0.2) is 43.2 Å². The highest BCUT2D eigenvalue weighted by atomic mass is 79.9. The Morgan fingerprint density at radius 3 is 2.75 bits per heavy atom. The van der Waals surface area contributed by atoms with Crippen molar-refractivity contribution in [2.45, 2.75) is 39.3 Å². The number of piperazine rings is 1. The molecule has 1 heterocycles. The van der Waals surface area contributed by atoms with Crippen molar-refractivity contribution in [3.05, 3.63) is 28.2 Å².